The van der Waals surface area contributed by atoms with Gasteiger partial charge in [0.25, 0.3) is 0 Å². The summed E-state index contributed by atoms with van der Waals surface area (Å²) < 4.78 is 15.5. The summed E-state index contributed by atoms with van der Waals surface area (Å²) >= 11 is 0. The highest BCUT2D eigenvalue weighted by Crippen LogP contribution is 2.25. The molecular formula is C12H14FN. The molecule has 0 saturated carbocycles. The van der Waals surface area contributed by atoms with Crippen LogP contribution >= 0.6 is 0 Å². The number of fused-ring (bicyclic) bond motifs is 1. The lowest BCUT2D eigenvalue weighted by atomic mass is 10.1. The van der Waals surface area contributed by atoms with E-state index < -0.39 is 0 Å². The van der Waals surface area contributed by atoms with Crippen LogP contribution in [0.5, 0.6) is 0 Å². The molecule has 2 rings (SSSR count). The van der Waals surface area contributed by atoms with E-state index in [0.29, 0.717) is 5.39 Å². The van der Waals surface area contributed by atoms with E-state index in [1.165, 1.54) is 6.07 Å². The summed E-state index contributed by atoms with van der Waals surface area (Å²) in [6.45, 7) is 6.33. The quantitative estimate of drug-likeness (QED) is 0.600. The molecule has 0 radical (unpaired) electrons. The van der Waals surface area contributed by atoms with Crippen molar-refractivity contribution >= 4 is 10.9 Å². The number of halogens is 1. The van der Waals surface area contributed by atoms with Crippen LogP contribution in [0.4, 0.5) is 4.39 Å². The molecule has 1 aromatic heterocycles. The average molecular weight is 191 g/mol. The Labute approximate surface area is 83.2 Å². The molecule has 2 heteroatoms. The predicted octanol–water partition coefficient (Wildman–Crippen LogP) is 3.54. The van der Waals surface area contributed by atoms with Gasteiger partial charge in [-0.15, -0.1) is 0 Å². The lowest BCUT2D eigenvalue weighted by molar-refractivity contribution is 0.411. The first-order valence-corrected chi connectivity index (χ1v) is 4.76. The van der Waals surface area contributed by atoms with Crippen LogP contribution in [0.15, 0.2) is 30.5 Å². The van der Waals surface area contributed by atoms with E-state index in [1.807, 2.05) is 18.3 Å². The second-order valence-electron chi connectivity index (χ2n) is 4.53. The third-order valence-corrected chi connectivity index (χ3v) is 2.40. The smallest absolute Gasteiger partial charge is 0.132 e. The Morgan fingerprint density at radius 3 is 2.50 bits per heavy atom. The van der Waals surface area contributed by atoms with E-state index in [9.17, 15) is 4.39 Å². The van der Waals surface area contributed by atoms with Crippen LogP contribution in [0.2, 0.25) is 0 Å². The molecule has 74 valence electrons. The molecule has 1 heterocycles. The number of aromatic nitrogens is 1. The second kappa shape index (κ2) is 2.84. The molecule has 1 nitrogen and oxygen atoms in total. The molecule has 1 aromatic carbocycles. The van der Waals surface area contributed by atoms with Crippen molar-refractivity contribution in [3.05, 3.63) is 36.3 Å². The van der Waals surface area contributed by atoms with Gasteiger partial charge in [-0.1, -0.05) is 6.07 Å². The molecule has 0 atom stereocenters. The van der Waals surface area contributed by atoms with E-state index in [2.05, 4.69) is 25.3 Å². The fraction of sp³-hybridized carbons (Fsp3) is 0.333. The fourth-order valence-electron chi connectivity index (χ4n) is 1.72. The lowest BCUT2D eigenvalue weighted by Gasteiger charge is -2.22. The minimum Gasteiger partial charge on any atom is -0.342 e. The molecule has 0 N–H and O–H groups in total. The summed E-state index contributed by atoms with van der Waals surface area (Å²) in [6, 6.07) is 7.02. The Morgan fingerprint density at radius 2 is 1.86 bits per heavy atom. The van der Waals surface area contributed by atoms with E-state index in [4.69, 9.17) is 0 Å². The Kier molecular flexibility index (Phi) is 1.88. The Bertz CT molecular complexity index is 463. The molecule has 0 aliphatic carbocycles. The summed E-state index contributed by atoms with van der Waals surface area (Å²) in [6.07, 6.45) is 1.94. The van der Waals surface area contributed by atoms with Gasteiger partial charge in [0.15, 0.2) is 0 Å². The zero-order valence-electron chi connectivity index (χ0n) is 8.71. The van der Waals surface area contributed by atoms with Crippen molar-refractivity contribution in [2.24, 2.45) is 0 Å². The van der Waals surface area contributed by atoms with Crippen LogP contribution in [0.3, 0.4) is 0 Å². The summed E-state index contributed by atoms with van der Waals surface area (Å²) in [5.74, 6) is -0.148. The molecule has 14 heavy (non-hydrogen) atoms. The lowest BCUT2D eigenvalue weighted by Crippen LogP contribution is -2.20. The third-order valence-electron chi connectivity index (χ3n) is 2.40. The first kappa shape index (κ1) is 9.25. The molecule has 0 unspecified atom stereocenters. The van der Waals surface area contributed by atoms with Gasteiger partial charge in [0.1, 0.15) is 5.82 Å². The summed E-state index contributed by atoms with van der Waals surface area (Å²) in [4.78, 5) is 0. The number of hydrogen-bond acceptors (Lipinski definition) is 0. The van der Waals surface area contributed by atoms with E-state index in [-0.39, 0.29) is 11.4 Å². The van der Waals surface area contributed by atoms with Crippen LogP contribution in [-0.4, -0.2) is 4.57 Å². The summed E-state index contributed by atoms with van der Waals surface area (Å²) in [7, 11) is 0. The molecule has 0 aliphatic rings. The van der Waals surface area contributed by atoms with Crippen LogP contribution in [-0.2, 0) is 5.54 Å². The maximum Gasteiger partial charge on any atom is 0.132 e. The predicted molar refractivity (Wildman–Crippen MR) is 56.9 cm³/mol. The van der Waals surface area contributed by atoms with Gasteiger partial charge >= 0.3 is 0 Å². The molecule has 2 aromatic rings. The van der Waals surface area contributed by atoms with Gasteiger partial charge in [0.2, 0.25) is 0 Å². The van der Waals surface area contributed by atoms with Crippen molar-refractivity contribution < 1.29 is 4.39 Å². The zero-order chi connectivity index (χ0) is 10.3. The topological polar surface area (TPSA) is 4.93 Å². The van der Waals surface area contributed by atoms with Crippen molar-refractivity contribution in [3.8, 4) is 0 Å². The monoisotopic (exact) mass is 191 g/mol. The van der Waals surface area contributed by atoms with Crippen molar-refractivity contribution in [2.45, 2.75) is 26.3 Å². The largest absolute Gasteiger partial charge is 0.342 e. The second-order valence-corrected chi connectivity index (χ2v) is 4.53. The maximum atomic E-state index is 13.4. The number of rotatable bonds is 0. The maximum absolute atomic E-state index is 13.4. The van der Waals surface area contributed by atoms with Crippen molar-refractivity contribution in [1.82, 2.24) is 4.57 Å². The molecule has 0 aliphatic heterocycles. The Hall–Kier alpha value is -1.31. The number of hydrogen-bond donors (Lipinski definition) is 0. The minimum absolute atomic E-state index is 0.00442. The SMILES string of the molecule is CC(C)(C)n1ccc2c(F)cccc21. The molecule has 0 amide bonds. The van der Waals surface area contributed by atoms with Crippen molar-refractivity contribution in [3.63, 3.8) is 0 Å². The van der Waals surface area contributed by atoms with Crippen LogP contribution in [0.1, 0.15) is 20.8 Å². The van der Waals surface area contributed by atoms with Crippen LogP contribution in [0, 0.1) is 5.82 Å². The average Bonchev–Trinajstić information content (AvgIpc) is 2.47. The highest BCUT2D eigenvalue weighted by molar-refractivity contribution is 5.81. The van der Waals surface area contributed by atoms with Gasteiger partial charge in [-0.25, -0.2) is 4.39 Å². The molecular weight excluding hydrogens is 177 g/mol. The van der Waals surface area contributed by atoms with Crippen LogP contribution < -0.4 is 0 Å². The molecule has 0 saturated heterocycles. The highest BCUT2D eigenvalue weighted by Gasteiger charge is 2.15. The normalized spacial score (nSPS) is 12.3. The van der Waals surface area contributed by atoms with Gasteiger partial charge in [0, 0.05) is 17.1 Å². The number of benzene rings is 1. The van der Waals surface area contributed by atoms with Crippen LogP contribution in [0.25, 0.3) is 10.9 Å². The molecule has 0 fully saturated rings. The van der Waals surface area contributed by atoms with Crippen molar-refractivity contribution in [1.29, 1.82) is 0 Å². The third kappa shape index (κ3) is 1.31. The number of nitrogens with zero attached hydrogens (tertiary/aromatic N) is 1. The summed E-state index contributed by atoms with van der Waals surface area (Å²) in [5, 5.41) is 0.697. The first-order valence-electron chi connectivity index (χ1n) is 4.76. The fourth-order valence-corrected chi connectivity index (χ4v) is 1.72. The Morgan fingerprint density at radius 1 is 1.14 bits per heavy atom. The molecule has 0 bridgehead atoms. The van der Waals surface area contributed by atoms with E-state index in [0.717, 1.165) is 5.52 Å². The van der Waals surface area contributed by atoms with E-state index in [1.54, 1.807) is 6.07 Å². The van der Waals surface area contributed by atoms with Crippen molar-refractivity contribution in [2.75, 3.05) is 0 Å². The van der Waals surface area contributed by atoms with Gasteiger partial charge in [0.05, 0.1) is 5.52 Å². The first-order chi connectivity index (χ1) is 6.50. The summed E-state index contributed by atoms with van der Waals surface area (Å²) in [5.41, 5.74) is 0.952. The van der Waals surface area contributed by atoms with Gasteiger partial charge in [-0.2, -0.15) is 0 Å². The zero-order valence-corrected chi connectivity index (χ0v) is 8.71. The highest BCUT2D eigenvalue weighted by atomic mass is 19.1. The van der Waals surface area contributed by atoms with Gasteiger partial charge < -0.3 is 4.57 Å². The minimum atomic E-state index is -0.148. The Balaban J connectivity index is 2.76. The standard InChI is InChI=1S/C12H14FN/c1-12(2,3)14-8-7-9-10(13)5-4-6-11(9)14/h4-8H,1-3H3. The van der Waals surface area contributed by atoms with Gasteiger partial charge in [-0.05, 0) is 39.0 Å². The van der Waals surface area contributed by atoms with E-state index >= 15 is 0 Å². The van der Waals surface area contributed by atoms with Gasteiger partial charge in [-0.3, -0.25) is 0 Å². The molecule has 0 spiro atoms.